The van der Waals surface area contributed by atoms with Crippen molar-refractivity contribution >= 4 is 16.8 Å². The molecule has 1 amide bonds. The van der Waals surface area contributed by atoms with Gasteiger partial charge in [-0.2, -0.15) is 0 Å². The van der Waals surface area contributed by atoms with Gasteiger partial charge in [-0.25, -0.2) is 0 Å². The molecule has 5 heteroatoms. The zero-order valence-corrected chi connectivity index (χ0v) is 13.2. The molecule has 0 radical (unpaired) electrons. The summed E-state index contributed by atoms with van der Waals surface area (Å²) in [5.74, 6) is 0.0611. The Morgan fingerprint density at radius 1 is 1.32 bits per heavy atom. The molecule has 0 bridgehead atoms. The van der Waals surface area contributed by atoms with Gasteiger partial charge in [-0.3, -0.25) is 10.1 Å². The molecule has 0 fully saturated rings. The van der Waals surface area contributed by atoms with Crippen LogP contribution in [0, 0.1) is 5.92 Å². The maximum absolute atomic E-state index is 11.7. The van der Waals surface area contributed by atoms with Crippen LogP contribution in [0.3, 0.4) is 0 Å². The second kappa shape index (κ2) is 7.42. The van der Waals surface area contributed by atoms with Crippen molar-refractivity contribution in [3.8, 4) is 0 Å². The Morgan fingerprint density at radius 2 is 2.05 bits per heavy atom. The first-order chi connectivity index (χ1) is 10.5. The van der Waals surface area contributed by atoms with Crippen LogP contribution in [-0.4, -0.2) is 28.3 Å². The van der Waals surface area contributed by atoms with Crippen molar-refractivity contribution in [2.24, 2.45) is 11.7 Å². The van der Waals surface area contributed by atoms with Gasteiger partial charge in [-0.1, -0.05) is 32.0 Å². The third kappa shape index (κ3) is 4.32. The van der Waals surface area contributed by atoms with Crippen molar-refractivity contribution in [1.29, 1.82) is 0 Å². The van der Waals surface area contributed by atoms with Crippen molar-refractivity contribution in [3.63, 3.8) is 0 Å². The number of aliphatic hydroxyl groups is 1. The number of rotatable bonds is 8. The third-order valence-electron chi connectivity index (χ3n) is 3.85. The van der Waals surface area contributed by atoms with Crippen LogP contribution in [0.5, 0.6) is 0 Å². The molecular formula is C17H25N3O2. The van der Waals surface area contributed by atoms with Crippen molar-refractivity contribution in [2.75, 3.05) is 0 Å². The van der Waals surface area contributed by atoms with Gasteiger partial charge < -0.3 is 15.8 Å². The highest BCUT2D eigenvalue weighted by molar-refractivity contribution is 5.85. The highest BCUT2D eigenvalue weighted by atomic mass is 16.3. The number of primary amides is 1. The van der Waals surface area contributed by atoms with Gasteiger partial charge in [-0.05, 0) is 36.8 Å². The second-order valence-corrected chi connectivity index (χ2v) is 6.17. The lowest BCUT2D eigenvalue weighted by Crippen LogP contribution is -2.47. The smallest absolute Gasteiger partial charge is 0.234 e. The van der Waals surface area contributed by atoms with Crippen LogP contribution in [0.25, 0.3) is 10.9 Å². The quantitative estimate of drug-likeness (QED) is 0.561. The fourth-order valence-electron chi connectivity index (χ4n) is 2.57. The van der Waals surface area contributed by atoms with Crippen LogP contribution in [0.4, 0.5) is 0 Å². The molecule has 2 rings (SSSR count). The fraction of sp³-hybridized carbons (Fsp3) is 0.471. The lowest BCUT2D eigenvalue weighted by atomic mass is 10.0. The lowest BCUT2D eigenvalue weighted by Gasteiger charge is -2.20. The number of para-hydroxylation sites is 1. The Bertz CT molecular complexity index is 621. The number of hydrogen-bond donors (Lipinski definition) is 4. The monoisotopic (exact) mass is 303 g/mol. The summed E-state index contributed by atoms with van der Waals surface area (Å²) < 4.78 is 0. The predicted octanol–water partition coefficient (Wildman–Crippen LogP) is 1.91. The summed E-state index contributed by atoms with van der Waals surface area (Å²) >= 11 is 0. The summed E-state index contributed by atoms with van der Waals surface area (Å²) in [4.78, 5) is 14.9. The van der Waals surface area contributed by atoms with Gasteiger partial charge in [-0.15, -0.1) is 0 Å². The zero-order chi connectivity index (χ0) is 16.1. The highest BCUT2D eigenvalue weighted by Gasteiger charge is 2.20. The van der Waals surface area contributed by atoms with Crippen LogP contribution in [0.2, 0.25) is 0 Å². The first-order valence-electron chi connectivity index (χ1n) is 7.75. The van der Waals surface area contributed by atoms with Gasteiger partial charge in [0, 0.05) is 17.1 Å². The molecule has 0 aliphatic carbocycles. The number of aromatic nitrogens is 1. The van der Waals surface area contributed by atoms with E-state index in [9.17, 15) is 9.90 Å². The molecule has 22 heavy (non-hydrogen) atoms. The van der Waals surface area contributed by atoms with Crippen molar-refractivity contribution in [3.05, 3.63) is 36.0 Å². The maximum atomic E-state index is 11.7. The molecule has 5 nitrogen and oxygen atoms in total. The molecule has 1 heterocycles. The highest BCUT2D eigenvalue weighted by Crippen LogP contribution is 2.19. The number of nitrogens with two attached hydrogens (primary N) is 1. The predicted molar refractivity (Wildman–Crippen MR) is 88.2 cm³/mol. The van der Waals surface area contributed by atoms with Gasteiger partial charge in [0.2, 0.25) is 5.91 Å². The van der Waals surface area contributed by atoms with E-state index in [4.69, 9.17) is 5.73 Å². The number of aliphatic hydroxyl groups excluding tert-OH is 1. The van der Waals surface area contributed by atoms with E-state index >= 15 is 0 Å². The van der Waals surface area contributed by atoms with Crippen LogP contribution in [0.1, 0.15) is 32.3 Å². The molecule has 0 saturated heterocycles. The molecule has 120 valence electrons. The van der Waals surface area contributed by atoms with E-state index in [1.54, 1.807) is 0 Å². The van der Waals surface area contributed by atoms with Crippen molar-refractivity contribution < 1.29 is 9.90 Å². The summed E-state index contributed by atoms with van der Waals surface area (Å²) in [5, 5.41) is 14.1. The minimum Gasteiger partial charge on any atom is -0.379 e. The standard InChI is InChI=1S/C17H25N3O2/c1-11(2)7-8-16(21)20-15(17(18)22)9-12-10-19-14-6-4-3-5-13(12)14/h3-6,10-11,15-16,19-21H,7-9H2,1-2H3,(H2,18,22)/t15-,16?/m0/s1. The minimum absolute atomic E-state index is 0.450. The minimum atomic E-state index is -0.717. The van der Waals surface area contributed by atoms with Crippen LogP contribution < -0.4 is 11.1 Å². The van der Waals surface area contributed by atoms with E-state index in [0.29, 0.717) is 18.8 Å². The molecule has 1 unspecified atom stereocenters. The van der Waals surface area contributed by atoms with E-state index in [1.165, 1.54) is 0 Å². The van der Waals surface area contributed by atoms with Crippen LogP contribution in [0.15, 0.2) is 30.5 Å². The SMILES string of the molecule is CC(C)CCC(O)N[C@@H](Cc1c[nH]c2ccccc12)C(N)=O. The number of amides is 1. The summed E-state index contributed by atoms with van der Waals surface area (Å²) in [6.45, 7) is 4.20. The van der Waals surface area contributed by atoms with Crippen LogP contribution in [-0.2, 0) is 11.2 Å². The average molecular weight is 303 g/mol. The molecule has 0 saturated carbocycles. The number of nitrogens with one attached hydrogen (secondary N) is 2. The molecule has 1 aromatic heterocycles. The first-order valence-corrected chi connectivity index (χ1v) is 7.75. The Balaban J connectivity index is 2.04. The van der Waals surface area contributed by atoms with E-state index < -0.39 is 18.2 Å². The molecule has 5 N–H and O–H groups in total. The maximum Gasteiger partial charge on any atom is 0.234 e. The lowest BCUT2D eigenvalue weighted by molar-refractivity contribution is -0.121. The number of carbonyl (C=O) groups is 1. The number of aromatic amines is 1. The second-order valence-electron chi connectivity index (χ2n) is 6.17. The summed E-state index contributed by atoms with van der Waals surface area (Å²) in [6.07, 6.45) is 3.13. The summed E-state index contributed by atoms with van der Waals surface area (Å²) in [7, 11) is 0. The number of fused-ring (bicyclic) bond motifs is 1. The van der Waals surface area contributed by atoms with Crippen LogP contribution >= 0.6 is 0 Å². The van der Waals surface area contributed by atoms with Crippen molar-refractivity contribution in [2.45, 2.75) is 45.4 Å². The van der Waals surface area contributed by atoms with Gasteiger partial charge >= 0.3 is 0 Å². The molecule has 2 atom stereocenters. The van der Waals surface area contributed by atoms with E-state index in [0.717, 1.165) is 22.9 Å². The Morgan fingerprint density at radius 3 is 2.73 bits per heavy atom. The van der Waals surface area contributed by atoms with E-state index in [1.807, 2.05) is 30.5 Å². The normalized spacial score (nSPS) is 14.4. The zero-order valence-electron chi connectivity index (χ0n) is 13.2. The molecular weight excluding hydrogens is 278 g/mol. The van der Waals surface area contributed by atoms with Crippen molar-refractivity contribution in [1.82, 2.24) is 10.3 Å². The topological polar surface area (TPSA) is 91.1 Å². The third-order valence-corrected chi connectivity index (χ3v) is 3.85. The number of carbonyl (C=O) groups excluding carboxylic acids is 1. The molecule has 0 aliphatic rings. The summed E-state index contributed by atoms with van der Waals surface area (Å²) in [5.41, 5.74) is 7.52. The van der Waals surface area contributed by atoms with Gasteiger partial charge in [0.25, 0.3) is 0 Å². The first kappa shape index (κ1) is 16.5. The number of hydrogen-bond acceptors (Lipinski definition) is 3. The summed E-state index contributed by atoms with van der Waals surface area (Å²) in [6, 6.07) is 7.34. The van der Waals surface area contributed by atoms with E-state index in [-0.39, 0.29) is 0 Å². The molecule has 2 aromatic rings. The molecule has 0 aliphatic heterocycles. The van der Waals surface area contributed by atoms with E-state index in [2.05, 4.69) is 24.1 Å². The van der Waals surface area contributed by atoms with Gasteiger partial charge in [0.1, 0.15) is 6.23 Å². The largest absolute Gasteiger partial charge is 0.379 e. The Labute approximate surface area is 130 Å². The van der Waals surface area contributed by atoms with Gasteiger partial charge in [0.15, 0.2) is 0 Å². The average Bonchev–Trinajstić information content (AvgIpc) is 2.87. The van der Waals surface area contributed by atoms with Gasteiger partial charge in [0.05, 0.1) is 6.04 Å². The Hall–Kier alpha value is -1.85. The fourth-order valence-corrected chi connectivity index (χ4v) is 2.57. The molecule has 0 spiro atoms. The number of benzene rings is 1. The number of H-pyrrole nitrogens is 1. The Kier molecular flexibility index (Phi) is 5.57. The molecule has 1 aromatic carbocycles.